The summed E-state index contributed by atoms with van der Waals surface area (Å²) in [6.07, 6.45) is 1.81. The zero-order valence-electron chi connectivity index (χ0n) is 16.7. The quantitative estimate of drug-likeness (QED) is 0.637. The van der Waals surface area contributed by atoms with Gasteiger partial charge in [0.15, 0.2) is 5.13 Å². The molecule has 1 aliphatic heterocycles. The number of benzene rings is 2. The lowest BCUT2D eigenvalue weighted by Crippen LogP contribution is -2.23. The predicted molar refractivity (Wildman–Crippen MR) is 117 cm³/mol. The molecule has 3 aromatic rings. The molecule has 6 heteroatoms. The molecule has 1 N–H and O–H groups in total. The molecule has 0 fully saturated rings. The zero-order chi connectivity index (χ0) is 20.5. The number of carbonyl (C=O) groups excluding carboxylic acids is 2. The molecule has 1 aliphatic rings. The highest BCUT2D eigenvalue weighted by atomic mass is 32.1. The smallest absolute Gasteiger partial charge is 0.258 e. The van der Waals surface area contributed by atoms with Crippen molar-refractivity contribution in [3.8, 4) is 0 Å². The van der Waals surface area contributed by atoms with Crippen molar-refractivity contribution >= 4 is 34.0 Å². The van der Waals surface area contributed by atoms with Gasteiger partial charge in [-0.05, 0) is 42.2 Å². The summed E-state index contributed by atoms with van der Waals surface area (Å²) in [5.41, 5.74) is 3.53. The average Bonchev–Trinajstić information content (AvgIpc) is 3.33. The van der Waals surface area contributed by atoms with Crippen molar-refractivity contribution in [1.82, 2.24) is 4.98 Å². The Bertz CT molecular complexity index is 1060. The SMILES string of the molecule is CC(C)c1cnc(NC(=O)C(C)c2ccc(N3Cc4ccccc4C3=O)cc2)s1. The number of thiazole rings is 1. The second-order valence-electron chi connectivity index (χ2n) is 7.57. The molecule has 4 rings (SSSR count). The first-order valence-electron chi connectivity index (χ1n) is 9.70. The summed E-state index contributed by atoms with van der Waals surface area (Å²) in [4.78, 5) is 32.5. The Morgan fingerprint density at radius 1 is 1.10 bits per heavy atom. The van der Waals surface area contributed by atoms with Crippen LogP contribution in [0.25, 0.3) is 0 Å². The number of nitrogens with zero attached hydrogens (tertiary/aromatic N) is 2. The van der Waals surface area contributed by atoms with Crippen molar-refractivity contribution in [3.63, 3.8) is 0 Å². The summed E-state index contributed by atoms with van der Waals surface area (Å²) < 4.78 is 0. The minimum atomic E-state index is -0.318. The highest BCUT2D eigenvalue weighted by Gasteiger charge is 2.28. The van der Waals surface area contributed by atoms with Crippen LogP contribution < -0.4 is 10.2 Å². The Balaban J connectivity index is 1.45. The zero-order valence-corrected chi connectivity index (χ0v) is 17.5. The molecule has 29 heavy (non-hydrogen) atoms. The van der Waals surface area contributed by atoms with E-state index in [1.807, 2.05) is 61.7 Å². The Morgan fingerprint density at radius 2 is 1.83 bits per heavy atom. The van der Waals surface area contributed by atoms with Gasteiger partial charge in [0.1, 0.15) is 0 Å². The molecule has 0 saturated carbocycles. The standard InChI is InChI=1S/C23H23N3O2S/c1-14(2)20-12-24-23(29-20)25-21(27)15(3)16-8-10-18(11-9-16)26-13-17-6-4-5-7-19(17)22(26)28/h4-12,14-15H,13H2,1-3H3,(H,24,25,27). The Morgan fingerprint density at radius 3 is 2.48 bits per heavy atom. The highest BCUT2D eigenvalue weighted by molar-refractivity contribution is 7.15. The molecule has 0 bridgehead atoms. The lowest BCUT2D eigenvalue weighted by atomic mass is 10.00. The minimum absolute atomic E-state index is 0.0175. The van der Waals surface area contributed by atoms with E-state index in [0.717, 1.165) is 27.3 Å². The van der Waals surface area contributed by atoms with Crippen molar-refractivity contribution in [2.75, 3.05) is 10.2 Å². The molecule has 0 aliphatic carbocycles. The van der Waals surface area contributed by atoms with Crippen LogP contribution >= 0.6 is 11.3 Å². The third kappa shape index (κ3) is 3.80. The van der Waals surface area contributed by atoms with Gasteiger partial charge >= 0.3 is 0 Å². The van der Waals surface area contributed by atoms with E-state index in [0.29, 0.717) is 17.6 Å². The monoisotopic (exact) mass is 405 g/mol. The van der Waals surface area contributed by atoms with E-state index in [9.17, 15) is 9.59 Å². The molecule has 5 nitrogen and oxygen atoms in total. The summed E-state index contributed by atoms with van der Waals surface area (Å²) in [6, 6.07) is 15.3. The number of rotatable bonds is 5. The van der Waals surface area contributed by atoms with E-state index in [4.69, 9.17) is 0 Å². The fourth-order valence-corrected chi connectivity index (χ4v) is 4.20. The van der Waals surface area contributed by atoms with Crippen LogP contribution in [0, 0.1) is 0 Å². The molecule has 2 aromatic carbocycles. The Hall–Kier alpha value is -2.99. The van der Waals surface area contributed by atoms with E-state index in [1.165, 1.54) is 11.3 Å². The van der Waals surface area contributed by atoms with Crippen LogP contribution in [0.2, 0.25) is 0 Å². The van der Waals surface area contributed by atoms with Crippen LogP contribution in [0.1, 0.15) is 59.0 Å². The van der Waals surface area contributed by atoms with Gasteiger partial charge in [0, 0.05) is 22.3 Å². The predicted octanol–water partition coefficient (Wildman–Crippen LogP) is 5.17. The molecule has 148 valence electrons. The number of amides is 2. The van der Waals surface area contributed by atoms with Gasteiger partial charge in [-0.2, -0.15) is 0 Å². The Kier molecular flexibility index (Phi) is 5.20. The van der Waals surface area contributed by atoms with Gasteiger partial charge in [-0.3, -0.25) is 9.59 Å². The third-order valence-electron chi connectivity index (χ3n) is 5.24. The van der Waals surface area contributed by atoms with Gasteiger partial charge in [0.25, 0.3) is 5.91 Å². The summed E-state index contributed by atoms with van der Waals surface area (Å²) in [5, 5.41) is 3.54. The number of hydrogen-bond donors (Lipinski definition) is 1. The third-order valence-corrected chi connectivity index (χ3v) is 6.46. The van der Waals surface area contributed by atoms with Crippen LogP contribution in [0.15, 0.2) is 54.7 Å². The van der Waals surface area contributed by atoms with Gasteiger partial charge in [-0.1, -0.05) is 44.2 Å². The first-order valence-corrected chi connectivity index (χ1v) is 10.5. The van der Waals surface area contributed by atoms with Crippen LogP contribution in [0.4, 0.5) is 10.8 Å². The molecule has 0 saturated heterocycles. The van der Waals surface area contributed by atoms with Crippen molar-refractivity contribution in [3.05, 3.63) is 76.3 Å². The maximum absolute atomic E-state index is 12.6. The minimum Gasteiger partial charge on any atom is -0.304 e. The van der Waals surface area contributed by atoms with Crippen molar-refractivity contribution in [2.24, 2.45) is 0 Å². The molecular formula is C23H23N3O2S. The normalized spacial score (nSPS) is 14.2. The lowest BCUT2D eigenvalue weighted by Gasteiger charge is -2.17. The van der Waals surface area contributed by atoms with Gasteiger partial charge < -0.3 is 10.2 Å². The number of hydrogen-bond acceptors (Lipinski definition) is 4. The van der Waals surface area contributed by atoms with E-state index in [2.05, 4.69) is 24.1 Å². The molecule has 1 atom stereocenters. The van der Waals surface area contributed by atoms with E-state index < -0.39 is 0 Å². The molecule has 2 amide bonds. The molecular weight excluding hydrogens is 382 g/mol. The van der Waals surface area contributed by atoms with Crippen molar-refractivity contribution in [2.45, 2.75) is 39.2 Å². The molecule has 1 unspecified atom stereocenters. The fourth-order valence-electron chi connectivity index (χ4n) is 3.38. The first kappa shape index (κ1) is 19.3. The maximum atomic E-state index is 12.6. The number of nitrogens with one attached hydrogen (secondary N) is 1. The van der Waals surface area contributed by atoms with Gasteiger partial charge in [0.05, 0.1) is 12.5 Å². The second kappa shape index (κ2) is 7.79. The van der Waals surface area contributed by atoms with Gasteiger partial charge in [-0.15, -0.1) is 11.3 Å². The summed E-state index contributed by atoms with van der Waals surface area (Å²) in [7, 11) is 0. The number of carbonyl (C=O) groups is 2. The van der Waals surface area contributed by atoms with E-state index in [1.54, 1.807) is 4.90 Å². The summed E-state index contributed by atoms with van der Waals surface area (Å²) in [5.74, 6) is 0.000380. The average molecular weight is 406 g/mol. The largest absolute Gasteiger partial charge is 0.304 e. The van der Waals surface area contributed by atoms with Crippen LogP contribution in [-0.4, -0.2) is 16.8 Å². The summed E-state index contributed by atoms with van der Waals surface area (Å²) >= 11 is 1.51. The Labute approximate surface area is 174 Å². The number of aromatic nitrogens is 1. The molecule has 1 aromatic heterocycles. The number of anilines is 2. The van der Waals surface area contributed by atoms with Crippen LogP contribution in [-0.2, 0) is 11.3 Å². The maximum Gasteiger partial charge on any atom is 0.258 e. The highest BCUT2D eigenvalue weighted by Crippen LogP contribution is 2.30. The van der Waals surface area contributed by atoms with Crippen molar-refractivity contribution in [1.29, 1.82) is 0 Å². The van der Waals surface area contributed by atoms with Crippen LogP contribution in [0.5, 0.6) is 0 Å². The number of fused-ring (bicyclic) bond motifs is 1. The van der Waals surface area contributed by atoms with E-state index in [-0.39, 0.29) is 17.7 Å². The summed E-state index contributed by atoms with van der Waals surface area (Å²) in [6.45, 7) is 6.66. The first-order chi connectivity index (χ1) is 13.9. The van der Waals surface area contributed by atoms with Gasteiger partial charge in [-0.25, -0.2) is 4.98 Å². The fraction of sp³-hybridized carbons (Fsp3) is 0.261. The second-order valence-corrected chi connectivity index (χ2v) is 8.64. The molecule has 0 radical (unpaired) electrons. The lowest BCUT2D eigenvalue weighted by molar-refractivity contribution is -0.117. The van der Waals surface area contributed by atoms with E-state index >= 15 is 0 Å². The molecule has 2 heterocycles. The topological polar surface area (TPSA) is 62.3 Å². The van der Waals surface area contributed by atoms with Gasteiger partial charge in [0.2, 0.25) is 5.91 Å². The molecule has 0 spiro atoms. The van der Waals surface area contributed by atoms with Crippen LogP contribution in [0.3, 0.4) is 0 Å². The van der Waals surface area contributed by atoms with Crippen molar-refractivity contribution < 1.29 is 9.59 Å².